The van der Waals surface area contributed by atoms with Gasteiger partial charge in [0.2, 0.25) is 5.95 Å². The Bertz CT molecular complexity index is 1250. The summed E-state index contributed by atoms with van der Waals surface area (Å²) in [4.78, 5) is 25.2. The van der Waals surface area contributed by atoms with Crippen molar-refractivity contribution in [2.75, 3.05) is 12.4 Å². The molecule has 0 bridgehead atoms. The molecule has 0 unspecified atom stereocenters. The van der Waals surface area contributed by atoms with Crippen LogP contribution in [0.2, 0.25) is 0 Å². The molecule has 0 saturated heterocycles. The molecule has 30 heavy (non-hydrogen) atoms. The van der Waals surface area contributed by atoms with Crippen molar-refractivity contribution >= 4 is 22.8 Å². The fraction of sp³-hybridized carbons (Fsp3) is 0.143. The smallest absolute Gasteiger partial charge is 0.250 e. The monoisotopic (exact) mass is 406 g/mol. The largest absolute Gasteiger partial charge is 0.491 e. The number of halogens is 1. The molecule has 3 N–H and O–H groups in total. The number of amides is 1. The molecule has 4 rings (SSSR count). The zero-order chi connectivity index (χ0) is 21.3. The van der Waals surface area contributed by atoms with E-state index in [0.717, 1.165) is 5.56 Å². The number of fused-ring (bicyclic) bond motifs is 1. The summed E-state index contributed by atoms with van der Waals surface area (Å²) in [6.45, 7) is 2.14. The highest BCUT2D eigenvalue weighted by molar-refractivity contribution is 6.04. The quantitative estimate of drug-likeness (QED) is 0.510. The van der Waals surface area contributed by atoms with Gasteiger partial charge in [0.25, 0.3) is 5.91 Å². The summed E-state index contributed by atoms with van der Waals surface area (Å²) in [6, 6.07) is 11.5. The Morgan fingerprint density at radius 2 is 2.03 bits per heavy atom. The highest BCUT2D eigenvalue weighted by atomic mass is 19.1. The van der Waals surface area contributed by atoms with Gasteiger partial charge in [0.15, 0.2) is 11.6 Å². The maximum absolute atomic E-state index is 13.4. The number of nitrogens with zero attached hydrogens (tertiary/aromatic N) is 4. The van der Waals surface area contributed by atoms with Gasteiger partial charge in [-0.25, -0.2) is 14.4 Å². The first-order valence-corrected chi connectivity index (χ1v) is 9.15. The van der Waals surface area contributed by atoms with Crippen LogP contribution in [-0.4, -0.2) is 32.5 Å². The number of nitrogens with one attached hydrogen (secondary N) is 1. The number of hydrogen-bond donors (Lipinski definition) is 2. The van der Waals surface area contributed by atoms with Crippen molar-refractivity contribution in [3.63, 3.8) is 0 Å². The van der Waals surface area contributed by atoms with Gasteiger partial charge >= 0.3 is 0 Å². The van der Waals surface area contributed by atoms with E-state index in [9.17, 15) is 9.18 Å². The Balaban J connectivity index is 1.75. The molecule has 2 aromatic carbocycles. The zero-order valence-corrected chi connectivity index (χ0v) is 16.4. The molecule has 2 heterocycles. The Morgan fingerprint density at radius 3 is 2.77 bits per heavy atom. The van der Waals surface area contributed by atoms with Crippen molar-refractivity contribution in [2.45, 2.75) is 13.5 Å². The lowest BCUT2D eigenvalue weighted by molar-refractivity contribution is 0.100. The van der Waals surface area contributed by atoms with E-state index in [1.54, 1.807) is 35.9 Å². The molecule has 0 aliphatic rings. The SMILES string of the molecule is COc1cnc(-n2c(C)nc3c(C(N)=O)cccc32)nc1NCc1cccc(F)c1. The molecule has 0 atom stereocenters. The Labute approximate surface area is 171 Å². The fourth-order valence-electron chi connectivity index (χ4n) is 3.24. The number of aryl methyl sites for hydroxylation is 1. The topological polar surface area (TPSA) is 108 Å². The average molecular weight is 406 g/mol. The van der Waals surface area contributed by atoms with Gasteiger partial charge in [0.05, 0.1) is 24.4 Å². The number of primary amides is 1. The number of methoxy groups -OCH3 is 1. The molecule has 9 heteroatoms. The van der Waals surface area contributed by atoms with Gasteiger partial charge in [-0.05, 0) is 36.8 Å². The van der Waals surface area contributed by atoms with Crippen molar-refractivity contribution in [3.8, 4) is 11.7 Å². The lowest BCUT2D eigenvalue weighted by Crippen LogP contribution is -2.11. The third kappa shape index (κ3) is 3.52. The van der Waals surface area contributed by atoms with E-state index < -0.39 is 5.91 Å². The summed E-state index contributed by atoms with van der Waals surface area (Å²) in [6.07, 6.45) is 1.54. The minimum absolute atomic E-state index is 0.310. The Kier molecular flexibility index (Phi) is 5.01. The summed E-state index contributed by atoms with van der Waals surface area (Å²) in [5, 5.41) is 3.16. The number of para-hydroxylation sites is 1. The average Bonchev–Trinajstić information content (AvgIpc) is 3.07. The maximum atomic E-state index is 13.4. The molecule has 8 nitrogen and oxygen atoms in total. The number of nitrogens with two attached hydrogens (primary N) is 1. The van der Waals surface area contributed by atoms with E-state index in [4.69, 9.17) is 10.5 Å². The van der Waals surface area contributed by atoms with E-state index in [1.807, 2.05) is 12.1 Å². The van der Waals surface area contributed by atoms with E-state index in [-0.39, 0.29) is 5.82 Å². The van der Waals surface area contributed by atoms with Crippen molar-refractivity contribution in [1.82, 2.24) is 19.5 Å². The first kappa shape index (κ1) is 19.3. The van der Waals surface area contributed by atoms with Crippen LogP contribution in [0.4, 0.5) is 10.2 Å². The number of carbonyl (C=O) groups is 1. The van der Waals surface area contributed by atoms with Crippen molar-refractivity contribution in [1.29, 1.82) is 0 Å². The number of anilines is 1. The van der Waals surface area contributed by atoms with Crippen LogP contribution in [0.3, 0.4) is 0 Å². The van der Waals surface area contributed by atoms with Crippen LogP contribution in [0.1, 0.15) is 21.7 Å². The molecule has 0 saturated carbocycles. The van der Waals surface area contributed by atoms with E-state index in [0.29, 0.717) is 46.5 Å². The molecule has 2 aromatic heterocycles. The van der Waals surface area contributed by atoms with E-state index >= 15 is 0 Å². The molecule has 0 aliphatic heterocycles. The molecule has 0 aliphatic carbocycles. The highest BCUT2D eigenvalue weighted by Crippen LogP contribution is 2.26. The number of aromatic nitrogens is 4. The Morgan fingerprint density at radius 1 is 1.23 bits per heavy atom. The third-order valence-electron chi connectivity index (χ3n) is 4.63. The van der Waals surface area contributed by atoms with Gasteiger partial charge in [-0.3, -0.25) is 9.36 Å². The molecule has 152 valence electrons. The molecule has 4 aromatic rings. The van der Waals surface area contributed by atoms with Gasteiger partial charge in [0, 0.05) is 6.54 Å². The summed E-state index contributed by atoms with van der Waals surface area (Å²) in [5.74, 6) is 0.960. The van der Waals surface area contributed by atoms with Crippen LogP contribution in [0.25, 0.3) is 17.0 Å². The molecule has 0 fully saturated rings. The van der Waals surface area contributed by atoms with Crippen LogP contribution < -0.4 is 15.8 Å². The molecular weight excluding hydrogens is 387 g/mol. The lowest BCUT2D eigenvalue weighted by atomic mass is 10.2. The number of rotatable bonds is 6. The van der Waals surface area contributed by atoms with Crippen molar-refractivity contribution < 1.29 is 13.9 Å². The Hall–Kier alpha value is -4.01. The standard InChI is InChI=1S/C21H19FN6O2/c1-12-26-18-15(19(23)29)7-4-8-16(18)28(12)21-25-11-17(30-2)20(27-21)24-10-13-5-3-6-14(22)9-13/h3-9,11H,10H2,1-2H3,(H2,23,29)(H,24,25,27). The van der Waals surface area contributed by atoms with Crippen LogP contribution in [0.5, 0.6) is 5.75 Å². The molecule has 0 spiro atoms. The summed E-state index contributed by atoms with van der Waals surface area (Å²) in [5.41, 5.74) is 7.70. The minimum Gasteiger partial charge on any atom is -0.491 e. The molecule has 0 radical (unpaired) electrons. The van der Waals surface area contributed by atoms with Crippen LogP contribution in [-0.2, 0) is 6.54 Å². The first-order chi connectivity index (χ1) is 14.5. The number of imidazole rings is 1. The number of carbonyl (C=O) groups excluding carboxylic acids is 1. The second kappa shape index (κ2) is 7.78. The predicted octanol–water partition coefficient (Wildman–Crippen LogP) is 2.98. The maximum Gasteiger partial charge on any atom is 0.250 e. The zero-order valence-electron chi connectivity index (χ0n) is 16.4. The van der Waals surface area contributed by atoms with Crippen LogP contribution in [0, 0.1) is 12.7 Å². The van der Waals surface area contributed by atoms with Gasteiger partial charge in [-0.2, -0.15) is 4.98 Å². The fourth-order valence-corrected chi connectivity index (χ4v) is 3.24. The predicted molar refractivity (Wildman–Crippen MR) is 110 cm³/mol. The number of ether oxygens (including phenoxy) is 1. The van der Waals surface area contributed by atoms with Crippen LogP contribution >= 0.6 is 0 Å². The molecule has 1 amide bonds. The summed E-state index contributed by atoms with van der Waals surface area (Å²) < 4.78 is 20.5. The lowest BCUT2D eigenvalue weighted by Gasteiger charge is -2.12. The van der Waals surface area contributed by atoms with Crippen molar-refractivity contribution in [3.05, 3.63) is 71.4 Å². The van der Waals surface area contributed by atoms with E-state index in [2.05, 4.69) is 20.3 Å². The van der Waals surface area contributed by atoms with E-state index in [1.165, 1.54) is 19.2 Å². The van der Waals surface area contributed by atoms with Crippen LogP contribution in [0.15, 0.2) is 48.7 Å². The number of benzene rings is 2. The van der Waals surface area contributed by atoms with Gasteiger partial charge in [0.1, 0.15) is 17.2 Å². The first-order valence-electron chi connectivity index (χ1n) is 9.15. The minimum atomic E-state index is -0.557. The van der Waals surface area contributed by atoms with Gasteiger partial charge in [-0.15, -0.1) is 0 Å². The third-order valence-corrected chi connectivity index (χ3v) is 4.63. The summed E-state index contributed by atoms with van der Waals surface area (Å²) in [7, 11) is 1.52. The summed E-state index contributed by atoms with van der Waals surface area (Å²) >= 11 is 0. The number of hydrogen-bond acceptors (Lipinski definition) is 6. The van der Waals surface area contributed by atoms with Gasteiger partial charge < -0.3 is 15.8 Å². The van der Waals surface area contributed by atoms with Gasteiger partial charge in [-0.1, -0.05) is 18.2 Å². The van der Waals surface area contributed by atoms with Crippen molar-refractivity contribution in [2.24, 2.45) is 5.73 Å². The second-order valence-corrected chi connectivity index (χ2v) is 6.60. The highest BCUT2D eigenvalue weighted by Gasteiger charge is 2.18. The normalized spacial score (nSPS) is 10.9. The second-order valence-electron chi connectivity index (χ2n) is 6.60. The molecular formula is C21H19FN6O2.